The number of H-pyrrole nitrogens is 1. The summed E-state index contributed by atoms with van der Waals surface area (Å²) in [6.07, 6.45) is 2.24. The van der Waals surface area contributed by atoms with E-state index in [0.29, 0.717) is 6.54 Å². The summed E-state index contributed by atoms with van der Waals surface area (Å²) in [6.45, 7) is 2.59. The molecule has 0 aliphatic heterocycles. The van der Waals surface area contributed by atoms with Gasteiger partial charge in [-0.15, -0.1) is 0 Å². The zero-order valence-corrected chi connectivity index (χ0v) is 8.94. The maximum absolute atomic E-state index is 5.54. The van der Waals surface area contributed by atoms with E-state index < -0.39 is 0 Å². The van der Waals surface area contributed by atoms with Crippen LogP contribution in [0.15, 0.2) is 12.4 Å². The monoisotopic (exact) mass is 219 g/mol. The van der Waals surface area contributed by atoms with Crippen LogP contribution in [0.25, 0.3) is 0 Å². The van der Waals surface area contributed by atoms with Crippen LogP contribution in [0.4, 0.5) is 11.8 Å². The maximum Gasteiger partial charge on any atom is 0.222 e. The number of nitrogen functional groups attached to an aromatic ring is 1. The number of hydrogen-bond donors (Lipinski definition) is 3. The highest BCUT2D eigenvalue weighted by molar-refractivity contribution is 5.40. The lowest BCUT2D eigenvalue weighted by atomic mass is 10.4. The van der Waals surface area contributed by atoms with Gasteiger partial charge in [0.15, 0.2) is 0 Å². The molecule has 0 saturated carbocycles. The number of nitrogens with two attached hydrogens (primary N) is 1. The molecule has 0 saturated heterocycles. The van der Waals surface area contributed by atoms with Gasteiger partial charge in [-0.25, -0.2) is 9.97 Å². The van der Waals surface area contributed by atoms with E-state index in [1.807, 2.05) is 13.0 Å². The Morgan fingerprint density at radius 1 is 1.44 bits per heavy atom. The lowest BCUT2D eigenvalue weighted by molar-refractivity contribution is 0.895. The number of aromatic nitrogens is 5. The van der Waals surface area contributed by atoms with Crippen LogP contribution in [0, 0.1) is 6.92 Å². The van der Waals surface area contributed by atoms with Crippen molar-refractivity contribution < 1.29 is 0 Å². The molecule has 7 heteroatoms. The highest BCUT2D eigenvalue weighted by atomic mass is 15.2. The van der Waals surface area contributed by atoms with Crippen LogP contribution >= 0.6 is 0 Å². The molecule has 4 N–H and O–H groups in total. The topological polar surface area (TPSA) is 105 Å². The molecule has 0 aromatic carbocycles. The number of anilines is 2. The first-order valence-electron chi connectivity index (χ1n) is 4.93. The van der Waals surface area contributed by atoms with Crippen molar-refractivity contribution in [1.29, 1.82) is 0 Å². The standard InChI is InChI=1S/C9H13N7/c1-6-4-8(15-9(10)14-6)11-3-2-7-12-5-13-16-7/h4-5H,2-3H2,1H3,(H,12,13,16)(H3,10,11,14,15). The van der Waals surface area contributed by atoms with Crippen LogP contribution in [0.1, 0.15) is 11.5 Å². The summed E-state index contributed by atoms with van der Waals surface area (Å²) in [7, 11) is 0. The number of rotatable bonds is 4. The summed E-state index contributed by atoms with van der Waals surface area (Å²) in [5.41, 5.74) is 6.38. The number of hydrogen-bond acceptors (Lipinski definition) is 6. The minimum atomic E-state index is 0.280. The molecule has 2 rings (SSSR count). The summed E-state index contributed by atoms with van der Waals surface area (Å²) in [4.78, 5) is 12.1. The highest BCUT2D eigenvalue weighted by Crippen LogP contribution is 2.06. The second-order valence-corrected chi connectivity index (χ2v) is 3.36. The Labute approximate surface area is 92.5 Å². The zero-order valence-electron chi connectivity index (χ0n) is 8.94. The molecule has 7 nitrogen and oxygen atoms in total. The smallest absolute Gasteiger partial charge is 0.222 e. The van der Waals surface area contributed by atoms with Crippen molar-refractivity contribution in [3.63, 3.8) is 0 Å². The second-order valence-electron chi connectivity index (χ2n) is 3.36. The molecule has 0 radical (unpaired) electrons. The van der Waals surface area contributed by atoms with E-state index >= 15 is 0 Å². The quantitative estimate of drug-likeness (QED) is 0.675. The Morgan fingerprint density at radius 3 is 3.00 bits per heavy atom. The number of aromatic amines is 1. The fourth-order valence-corrected chi connectivity index (χ4v) is 1.34. The predicted molar refractivity (Wildman–Crippen MR) is 59.8 cm³/mol. The van der Waals surface area contributed by atoms with Gasteiger partial charge in [0.2, 0.25) is 5.95 Å². The van der Waals surface area contributed by atoms with Crippen molar-refractivity contribution in [3.05, 3.63) is 23.9 Å². The maximum atomic E-state index is 5.54. The zero-order chi connectivity index (χ0) is 11.4. The molecule has 2 aromatic heterocycles. The van der Waals surface area contributed by atoms with Crippen molar-refractivity contribution in [2.45, 2.75) is 13.3 Å². The van der Waals surface area contributed by atoms with Gasteiger partial charge < -0.3 is 11.1 Å². The summed E-state index contributed by atoms with van der Waals surface area (Å²) in [5, 5.41) is 9.70. The lowest BCUT2D eigenvalue weighted by Crippen LogP contribution is -2.09. The number of nitrogens with one attached hydrogen (secondary N) is 2. The Bertz CT molecular complexity index is 431. The van der Waals surface area contributed by atoms with Crippen LogP contribution in [0.5, 0.6) is 0 Å². The van der Waals surface area contributed by atoms with Crippen LogP contribution in [0.3, 0.4) is 0 Å². The van der Waals surface area contributed by atoms with Crippen molar-refractivity contribution >= 4 is 11.8 Å². The Balaban J connectivity index is 1.89. The molecule has 84 valence electrons. The number of nitrogens with zero attached hydrogens (tertiary/aromatic N) is 4. The normalized spacial score (nSPS) is 10.3. The number of aryl methyl sites for hydroxylation is 1. The molecular weight excluding hydrogens is 206 g/mol. The van der Waals surface area contributed by atoms with Crippen molar-refractivity contribution in [3.8, 4) is 0 Å². The van der Waals surface area contributed by atoms with Crippen LogP contribution in [0.2, 0.25) is 0 Å². The molecule has 16 heavy (non-hydrogen) atoms. The fourth-order valence-electron chi connectivity index (χ4n) is 1.34. The largest absolute Gasteiger partial charge is 0.369 e. The first-order chi connectivity index (χ1) is 7.74. The van der Waals surface area contributed by atoms with Crippen molar-refractivity contribution in [1.82, 2.24) is 25.1 Å². The summed E-state index contributed by atoms with van der Waals surface area (Å²) < 4.78 is 0. The average Bonchev–Trinajstić information content (AvgIpc) is 2.69. The molecule has 0 fully saturated rings. The molecule has 0 unspecified atom stereocenters. The third-order valence-electron chi connectivity index (χ3n) is 2.00. The third kappa shape index (κ3) is 2.66. The van der Waals surface area contributed by atoms with Gasteiger partial charge >= 0.3 is 0 Å². The average molecular weight is 219 g/mol. The molecule has 2 heterocycles. The van der Waals surface area contributed by atoms with Crippen LogP contribution in [-0.4, -0.2) is 31.7 Å². The first-order valence-corrected chi connectivity index (χ1v) is 4.93. The summed E-state index contributed by atoms with van der Waals surface area (Å²) in [5.74, 6) is 1.85. The summed E-state index contributed by atoms with van der Waals surface area (Å²) in [6, 6.07) is 1.84. The van der Waals surface area contributed by atoms with Gasteiger partial charge in [0.05, 0.1) is 0 Å². The second kappa shape index (κ2) is 4.56. The highest BCUT2D eigenvalue weighted by Gasteiger charge is 1.99. The summed E-state index contributed by atoms with van der Waals surface area (Å²) >= 11 is 0. The molecule has 0 aliphatic carbocycles. The molecule has 0 spiro atoms. The van der Waals surface area contributed by atoms with Crippen LogP contribution < -0.4 is 11.1 Å². The predicted octanol–water partition coefficient (Wildman–Crippen LogP) is 0.140. The van der Waals surface area contributed by atoms with E-state index in [1.54, 1.807) is 0 Å². The van der Waals surface area contributed by atoms with Crippen LogP contribution in [-0.2, 0) is 6.42 Å². The molecule has 2 aromatic rings. The van der Waals surface area contributed by atoms with Gasteiger partial charge in [-0.2, -0.15) is 10.1 Å². The lowest BCUT2D eigenvalue weighted by Gasteiger charge is -2.05. The van der Waals surface area contributed by atoms with Crippen molar-refractivity contribution in [2.24, 2.45) is 0 Å². The molecule has 0 atom stereocenters. The fraction of sp³-hybridized carbons (Fsp3) is 0.333. The van der Waals surface area contributed by atoms with E-state index in [1.165, 1.54) is 6.33 Å². The first kappa shape index (κ1) is 10.3. The molecule has 0 bridgehead atoms. The van der Waals surface area contributed by atoms with E-state index in [-0.39, 0.29) is 5.95 Å². The van der Waals surface area contributed by atoms with Gasteiger partial charge in [0.25, 0.3) is 0 Å². The van der Waals surface area contributed by atoms with Gasteiger partial charge in [0.1, 0.15) is 18.0 Å². The Morgan fingerprint density at radius 2 is 2.31 bits per heavy atom. The van der Waals surface area contributed by atoms with E-state index in [9.17, 15) is 0 Å². The molecule has 0 aliphatic rings. The minimum Gasteiger partial charge on any atom is -0.369 e. The van der Waals surface area contributed by atoms with Gasteiger partial charge in [0, 0.05) is 24.7 Å². The van der Waals surface area contributed by atoms with E-state index in [4.69, 9.17) is 5.73 Å². The van der Waals surface area contributed by atoms with Crippen molar-refractivity contribution in [2.75, 3.05) is 17.6 Å². The third-order valence-corrected chi connectivity index (χ3v) is 2.00. The molecule has 0 amide bonds. The van der Waals surface area contributed by atoms with Gasteiger partial charge in [-0.3, -0.25) is 5.10 Å². The Hall–Kier alpha value is -2.18. The van der Waals surface area contributed by atoms with E-state index in [2.05, 4.69) is 30.5 Å². The molecular formula is C9H13N7. The van der Waals surface area contributed by atoms with E-state index in [0.717, 1.165) is 23.8 Å². The Kier molecular flexibility index (Phi) is 2.95. The van der Waals surface area contributed by atoms with Gasteiger partial charge in [-0.05, 0) is 6.92 Å². The minimum absolute atomic E-state index is 0.280. The SMILES string of the molecule is Cc1cc(NCCc2ncn[nH]2)nc(N)n1. The van der Waals surface area contributed by atoms with Gasteiger partial charge in [-0.1, -0.05) is 0 Å².